The van der Waals surface area contributed by atoms with E-state index in [4.69, 9.17) is 0 Å². The molecule has 14 heavy (non-hydrogen) atoms. The van der Waals surface area contributed by atoms with Gasteiger partial charge < -0.3 is 0 Å². The summed E-state index contributed by atoms with van der Waals surface area (Å²) in [5, 5.41) is 0. The van der Waals surface area contributed by atoms with E-state index in [1.807, 2.05) is 0 Å². The number of rotatable bonds is 0. The molecule has 2 fully saturated rings. The Kier molecular flexibility index (Phi) is 1.61. The lowest BCUT2D eigenvalue weighted by Gasteiger charge is -2.38. The topological polar surface area (TPSA) is 0 Å². The van der Waals surface area contributed by atoms with Crippen LogP contribution in [0.2, 0.25) is 0 Å². The predicted molar refractivity (Wildman–Crippen MR) is 46.8 cm³/mol. The average Bonchev–Trinajstić information content (AvgIpc) is 2.66. The average molecular weight is 202 g/mol. The normalized spacial score (nSPS) is 53.5. The van der Waals surface area contributed by atoms with Gasteiger partial charge in [0.05, 0.1) is 0 Å². The molecule has 3 rings (SSSR count). The van der Waals surface area contributed by atoms with E-state index in [-0.39, 0.29) is 24.7 Å². The van der Waals surface area contributed by atoms with Crippen molar-refractivity contribution in [3.8, 4) is 0 Å². The molecule has 0 aromatic heterocycles. The zero-order valence-electron chi connectivity index (χ0n) is 7.80. The minimum Gasteiger partial charge on any atom is -0.241 e. The lowest BCUT2D eigenvalue weighted by Crippen LogP contribution is -2.43. The van der Waals surface area contributed by atoms with Crippen LogP contribution >= 0.6 is 0 Å². The van der Waals surface area contributed by atoms with Crippen LogP contribution in [0.15, 0.2) is 12.2 Å². The van der Waals surface area contributed by atoms with Gasteiger partial charge >= 0.3 is 0 Å². The first kappa shape index (κ1) is 8.81. The molecule has 0 aromatic carbocycles. The van der Waals surface area contributed by atoms with Crippen molar-refractivity contribution >= 4 is 0 Å². The first-order valence-corrected chi connectivity index (χ1v) is 5.28. The monoisotopic (exact) mass is 202 g/mol. The summed E-state index contributed by atoms with van der Waals surface area (Å²) < 4.78 is 39.5. The molecule has 78 valence electrons. The van der Waals surface area contributed by atoms with E-state index in [0.717, 1.165) is 6.42 Å². The predicted octanol–water partition coefficient (Wildman–Crippen LogP) is 3.19. The Morgan fingerprint density at radius 3 is 2.36 bits per heavy atom. The van der Waals surface area contributed by atoms with Gasteiger partial charge in [0.15, 0.2) is 6.17 Å². The van der Waals surface area contributed by atoms with Crippen LogP contribution in [-0.2, 0) is 0 Å². The highest BCUT2D eigenvalue weighted by atomic mass is 19.3. The number of hydrogen-bond donors (Lipinski definition) is 0. The Bertz CT molecular complexity index is 284. The summed E-state index contributed by atoms with van der Waals surface area (Å²) in [4.78, 5) is 0. The maximum atomic E-state index is 13.2. The van der Waals surface area contributed by atoms with Crippen LogP contribution in [0.3, 0.4) is 0 Å². The molecule has 3 aliphatic rings. The Morgan fingerprint density at radius 1 is 1.00 bits per heavy atom. The number of allylic oxidation sites excluding steroid dienone is 2. The van der Waals surface area contributed by atoms with Gasteiger partial charge in [-0.15, -0.1) is 0 Å². The quantitative estimate of drug-likeness (QED) is 0.529. The first-order valence-electron chi connectivity index (χ1n) is 5.28. The third-order valence-corrected chi connectivity index (χ3v) is 4.24. The molecule has 0 nitrogen and oxygen atoms in total. The van der Waals surface area contributed by atoms with Crippen molar-refractivity contribution < 1.29 is 13.2 Å². The molecular weight excluding hydrogens is 189 g/mol. The summed E-state index contributed by atoms with van der Waals surface area (Å²) >= 11 is 0. The van der Waals surface area contributed by atoms with Gasteiger partial charge in [-0.3, -0.25) is 0 Å². The zero-order valence-corrected chi connectivity index (χ0v) is 7.80. The summed E-state index contributed by atoms with van der Waals surface area (Å²) in [6.07, 6.45) is 3.07. The van der Waals surface area contributed by atoms with E-state index < -0.39 is 12.1 Å². The number of fused-ring (bicyclic) bond motifs is 5. The summed E-state index contributed by atoms with van der Waals surface area (Å²) in [5.74, 6) is -2.13. The van der Waals surface area contributed by atoms with Gasteiger partial charge in [-0.2, -0.15) is 0 Å². The Morgan fingerprint density at radius 2 is 1.64 bits per heavy atom. The summed E-state index contributed by atoms with van der Waals surface area (Å²) in [6, 6.07) is 0. The zero-order chi connectivity index (χ0) is 9.92. The second kappa shape index (κ2) is 2.56. The van der Waals surface area contributed by atoms with Crippen LogP contribution < -0.4 is 0 Å². The highest BCUT2D eigenvalue weighted by Gasteiger charge is 2.56. The Hall–Kier alpha value is -0.470. The molecule has 0 saturated heterocycles. The van der Waals surface area contributed by atoms with Crippen LogP contribution in [0, 0.1) is 23.7 Å². The molecule has 3 heteroatoms. The first-order chi connectivity index (χ1) is 6.58. The molecule has 0 spiro atoms. The van der Waals surface area contributed by atoms with Gasteiger partial charge in [0.25, 0.3) is 5.92 Å². The van der Waals surface area contributed by atoms with Gasteiger partial charge in [-0.25, -0.2) is 13.2 Å². The van der Waals surface area contributed by atoms with Crippen molar-refractivity contribution in [3.05, 3.63) is 12.2 Å². The van der Waals surface area contributed by atoms with Crippen molar-refractivity contribution in [2.24, 2.45) is 23.7 Å². The van der Waals surface area contributed by atoms with E-state index >= 15 is 0 Å². The molecule has 5 unspecified atom stereocenters. The van der Waals surface area contributed by atoms with Gasteiger partial charge in [0, 0.05) is 6.42 Å². The smallest absolute Gasteiger partial charge is 0.241 e. The van der Waals surface area contributed by atoms with E-state index in [9.17, 15) is 13.2 Å². The lowest BCUT2D eigenvalue weighted by atomic mass is 9.71. The van der Waals surface area contributed by atoms with Gasteiger partial charge in [-0.05, 0) is 36.5 Å². The van der Waals surface area contributed by atoms with Crippen LogP contribution in [-0.4, -0.2) is 12.1 Å². The minimum atomic E-state index is -3.07. The van der Waals surface area contributed by atoms with Gasteiger partial charge in [0.1, 0.15) is 0 Å². The van der Waals surface area contributed by atoms with Crippen LogP contribution in [0.1, 0.15) is 19.3 Å². The maximum Gasteiger partial charge on any atom is 0.279 e. The van der Waals surface area contributed by atoms with Crippen molar-refractivity contribution in [3.63, 3.8) is 0 Å². The highest BCUT2D eigenvalue weighted by molar-refractivity contribution is 5.16. The van der Waals surface area contributed by atoms with Gasteiger partial charge in [0.2, 0.25) is 0 Å². The molecule has 0 aromatic rings. The third-order valence-electron chi connectivity index (χ3n) is 4.24. The number of alkyl halides is 3. The molecule has 0 aliphatic heterocycles. The maximum absolute atomic E-state index is 13.2. The third kappa shape index (κ3) is 1.01. The Balaban J connectivity index is 1.88. The fourth-order valence-corrected chi connectivity index (χ4v) is 3.53. The van der Waals surface area contributed by atoms with Gasteiger partial charge in [-0.1, -0.05) is 12.2 Å². The molecule has 5 atom stereocenters. The second-order valence-electron chi connectivity index (χ2n) is 4.94. The summed E-state index contributed by atoms with van der Waals surface area (Å²) in [7, 11) is 0. The van der Waals surface area contributed by atoms with Crippen molar-refractivity contribution in [2.45, 2.75) is 31.4 Å². The van der Waals surface area contributed by atoms with Crippen LogP contribution in [0.25, 0.3) is 0 Å². The number of halogens is 3. The lowest BCUT2D eigenvalue weighted by molar-refractivity contribution is -0.129. The number of hydrogen-bond acceptors (Lipinski definition) is 0. The van der Waals surface area contributed by atoms with Crippen molar-refractivity contribution in [2.75, 3.05) is 0 Å². The van der Waals surface area contributed by atoms with E-state index in [1.165, 1.54) is 0 Å². The molecule has 0 amide bonds. The fourth-order valence-electron chi connectivity index (χ4n) is 3.53. The van der Waals surface area contributed by atoms with Crippen LogP contribution in [0.4, 0.5) is 13.2 Å². The van der Waals surface area contributed by atoms with Crippen molar-refractivity contribution in [1.82, 2.24) is 0 Å². The van der Waals surface area contributed by atoms with E-state index in [0.29, 0.717) is 11.8 Å². The van der Waals surface area contributed by atoms with E-state index in [2.05, 4.69) is 12.2 Å². The Labute approximate surface area is 81.2 Å². The summed E-state index contributed by atoms with van der Waals surface area (Å²) in [5.41, 5.74) is 0. The second-order valence-corrected chi connectivity index (χ2v) is 4.94. The standard InChI is InChI=1S/C11H13F3/c12-10-4-8-6-1-2-7(3-6)9(8)5-11(10,13)14/h1-2,6-10H,3-5H2. The molecule has 3 aliphatic carbocycles. The molecule has 0 radical (unpaired) electrons. The highest BCUT2D eigenvalue weighted by Crippen LogP contribution is 2.57. The molecule has 2 saturated carbocycles. The van der Waals surface area contributed by atoms with Crippen LogP contribution in [0.5, 0.6) is 0 Å². The molecular formula is C11H13F3. The molecule has 0 heterocycles. The summed E-state index contributed by atoms with van der Waals surface area (Å²) in [6.45, 7) is 0. The SMILES string of the molecule is FC1CC2C3C=CC(C3)C2CC1(F)F. The molecule has 2 bridgehead atoms. The van der Waals surface area contributed by atoms with Crippen molar-refractivity contribution in [1.29, 1.82) is 0 Å². The minimum absolute atomic E-state index is 0.0481. The van der Waals surface area contributed by atoms with E-state index in [1.54, 1.807) is 0 Å². The fraction of sp³-hybridized carbons (Fsp3) is 0.818. The molecule has 0 N–H and O–H groups in total. The largest absolute Gasteiger partial charge is 0.279 e.